The van der Waals surface area contributed by atoms with E-state index in [4.69, 9.17) is 28.4 Å². The molecule has 0 aromatic heterocycles. The first kappa shape index (κ1) is 67.0. The number of rotatable bonds is 39. The molecule has 0 aromatic rings. The van der Waals surface area contributed by atoms with Crippen LogP contribution in [-0.2, 0) is 42.8 Å². The van der Waals surface area contributed by atoms with Gasteiger partial charge in [0.2, 0.25) is 11.8 Å². The number of aliphatic hydroxyl groups is 11. The molecule has 3 rings (SSSR count). The van der Waals surface area contributed by atoms with Gasteiger partial charge >= 0.3 is 5.97 Å². The van der Waals surface area contributed by atoms with Gasteiger partial charge in [0, 0.05) is 19.8 Å². The monoisotopic (exact) mass is 1080 g/mol. The van der Waals surface area contributed by atoms with Crippen LogP contribution in [0.5, 0.6) is 0 Å². The summed E-state index contributed by atoms with van der Waals surface area (Å²) in [7, 11) is 0. The van der Waals surface area contributed by atoms with E-state index in [1.807, 2.05) is 0 Å². The van der Waals surface area contributed by atoms with Crippen LogP contribution in [0, 0.1) is 0 Å². The minimum absolute atomic E-state index is 0.226. The summed E-state index contributed by atoms with van der Waals surface area (Å²) in [5, 5.41) is 135. The molecule has 0 aliphatic carbocycles. The van der Waals surface area contributed by atoms with Crippen LogP contribution in [0.3, 0.4) is 0 Å². The van der Waals surface area contributed by atoms with Gasteiger partial charge in [-0.05, 0) is 12.8 Å². The standard InChI is InChI=1S/C52H96N2O21/c1-4-6-8-10-12-14-16-17-19-21-23-25-34(59)33(54-39(62)26-24-22-20-18-15-13-11-9-7-5-2)31-70-49-44(66)43(65)46(38(30-57)72-49)73-50-45(67)48(42(64)37(29-56)71-50)75-52(51(68)69)27-35(60)40(53-32(3)58)47(74-52)41(63)36(61)28-55/h33-38,40-50,55-57,59-61,63-67H,4-31H2,1-3H3,(H,53,58)(H,54,62)(H,68,69). The van der Waals surface area contributed by atoms with Crippen molar-refractivity contribution in [1.29, 1.82) is 0 Å². The van der Waals surface area contributed by atoms with Gasteiger partial charge in [-0.2, -0.15) is 0 Å². The first-order valence-corrected chi connectivity index (χ1v) is 27.9. The molecule has 3 heterocycles. The molecule has 3 aliphatic heterocycles. The summed E-state index contributed by atoms with van der Waals surface area (Å²) >= 11 is 0. The van der Waals surface area contributed by atoms with Gasteiger partial charge in [-0.1, -0.05) is 142 Å². The van der Waals surface area contributed by atoms with Crippen LogP contribution in [0.1, 0.15) is 175 Å². The molecular weight excluding hydrogens is 989 g/mol. The van der Waals surface area contributed by atoms with Crippen LogP contribution in [0.2, 0.25) is 0 Å². The molecule has 23 nitrogen and oxygen atoms in total. The van der Waals surface area contributed by atoms with Crippen molar-refractivity contribution in [2.24, 2.45) is 0 Å². The predicted octanol–water partition coefficient (Wildman–Crippen LogP) is 0.659. The first-order chi connectivity index (χ1) is 35.9. The molecule has 2 amide bonds. The summed E-state index contributed by atoms with van der Waals surface area (Å²) in [6.45, 7) is 2.11. The Morgan fingerprint density at radius 1 is 0.640 bits per heavy atom. The summed E-state index contributed by atoms with van der Waals surface area (Å²) in [4.78, 5) is 38.2. The van der Waals surface area contributed by atoms with Crippen molar-refractivity contribution in [3.63, 3.8) is 0 Å². The number of nitrogens with one attached hydrogen (secondary N) is 2. The summed E-state index contributed by atoms with van der Waals surface area (Å²) in [5.41, 5.74) is 0. The van der Waals surface area contributed by atoms with E-state index < -0.39 is 148 Å². The van der Waals surface area contributed by atoms with Crippen LogP contribution in [0.4, 0.5) is 0 Å². The lowest BCUT2D eigenvalue weighted by Crippen LogP contribution is -2.70. The molecular formula is C52H96N2O21. The summed E-state index contributed by atoms with van der Waals surface area (Å²) in [6.07, 6.45) is -5.44. The Bertz CT molecular complexity index is 1570. The lowest BCUT2D eigenvalue weighted by atomic mass is 9.88. The Balaban J connectivity index is 1.71. The van der Waals surface area contributed by atoms with Gasteiger partial charge in [0.15, 0.2) is 12.6 Å². The van der Waals surface area contributed by atoms with Gasteiger partial charge < -0.3 is 100 Å². The van der Waals surface area contributed by atoms with Gasteiger partial charge in [0.1, 0.15) is 67.1 Å². The molecule has 3 aliphatic rings. The largest absolute Gasteiger partial charge is 0.477 e. The Labute approximate surface area is 442 Å². The smallest absolute Gasteiger partial charge is 0.364 e. The van der Waals surface area contributed by atoms with Crippen LogP contribution in [0.15, 0.2) is 0 Å². The molecule has 3 fully saturated rings. The summed E-state index contributed by atoms with van der Waals surface area (Å²) in [5.74, 6) is -6.10. The number of aliphatic carboxylic acids is 1. The Kier molecular flexibility index (Phi) is 32.2. The summed E-state index contributed by atoms with van der Waals surface area (Å²) in [6, 6.07) is -2.52. The number of amides is 2. The highest BCUT2D eigenvalue weighted by Crippen LogP contribution is 2.38. The number of ether oxygens (including phenoxy) is 6. The van der Waals surface area contributed by atoms with Crippen LogP contribution in [-0.4, -0.2) is 215 Å². The van der Waals surface area contributed by atoms with E-state index in [1.54, 1.807) is 0 Å². The highest BCUT2D eigenvalue weighted by Gasteiger charge is 2.60. The average Bonchev–Trinajstić information content (AvgIpc) is 3.38. The van der Waals surface area contributed by atoms with Crippen molar-refractivity contribution < 1.29 is 104 Å². The molecule has 0 saturated carbocycles. The molecule has 440 valence electrons. The van der Waals surface area contributed by atoms with E-state index in [2.05, 4.69) is 24.5 Å². The second kappa shape index (κ2) is 36.1. The molecule has 0 radical (unpaired) electrons. The molecule has 0 bridgehead atoms. The molecule has 18 atom stereocenters. The molecule has 0 aromatic carbocycles. The highest BCUT2D eigenvalue weighted by molar-refractivity contribution is 5.77. The number of carbonyl (C=O) groups is 3. The SMILES string of the molecule is CCCCCCCCCCCCCC(O)C(COC1OC(CO)C(OC2OC(CO)C(O)C(OC3(C(=O)O)CC(O)C(NC(C)=O)C(C(O)C(O)CO)O3)C2O)C(O)C1O)NC(=O)CCCCCCCCCCCC. The zero-order valence-corrected chi connectivity index (χ0v) is 44.7. The quantitative estimate of drug-likeness (QED) is 0.0376. The summed E-state index contributed by atoms with van der Waals surface area (Å²) < 4.78 is 34.6. The number of hydrogen-bond acceptors (Lipinski definition) is 20. The molecule has 0 spiro atoms. The lowest BCUT2D eigenvalue weighted by molar-refractivity contribution is -0.386. The zero-order valence-electron chi connectivity index (χ0n) is 44.7. The lowest BCUT2D eigenvalue weighted by Gasteiger charge is -2.50. The van der Waals surface area contributed by atoms with E-state index in [-0.39, 0.29) is 18.9 Å². The third kappa shape index (κ3) is 21.7. The van der Waals surface area contributed by atoms with Crippen LogP contribution in [0.25, 0.3) is 0 Å². The highest BCUT2D eigenvalue weighted by atomic mass is 16.8. The van der Waals surface area contributed by atoms with Crippen molar-refractivity contribution >= 4 is 17.8 Å². The Morgan fingerprint density at radius 2 is 1.16 bits per heavy atom. The van der Waals surface area contributed by atoms with E-state index >= 15 is 0 Å². The van der Waals surface area contributed by atoms with Crippen molar-refractivity contribution in [3.05, 3.63) is 0 Å². The Morgan fingerprint density at radius 3 is 1.67 bits per heavy atom. The molecule has 23 heteroatoms. The minimum atomic E-state index is -3.07. The third-order valence-electron chi connectivity index (χ3n) is 14.6. The van der Waals surface area contributed by atoms with E-state index in [0.717, 1.165) is 58.3 Å². The fourth-order valence-electron chi connectivity index (χ4n) is 10.0. The number of carboxylic acids is 1. The fraction of sp³-hybridized carbons (Fsp3) is 0.942. The normalized spacial score (nSPS) is 31.8. The van der Waals surface area contributed by atoms with E-state index in [1.165, 1.54) is 70.6 Å². The van der Waals surface area contributed by atoms with Gasteiger partial charge in [0.05, 0.1) is 50.7 Å². The molecule has 75 heavy (non-hydrogen) atoms. The molecule has 18 unspecified atom stereocenters. The number of unbranched alkanes of at least 4 members (excludes halogenated alkanes) is 19. The van der Waals surface area contributed by atoms with E-state index in [9.17, 15) is 75.7 Å². The van der Waals surface area contributed by atoms with Crippen molar-refractivity contribution in [2.45, 2.75) is 285 Å². The molecule has 3 saturated heterocycles. The maximum Gasteiger partial charge on any atom is 0.364 e. The second-order valence-corrected chi connectivity index (χ2v) is 20.8. The predicted molar refractivity (Wildman–Crippen MR) is 269 cm³/mol. The number of hydrogen-bond donors (Lipinski definition) is 14. The van der Waals surface area contributed by atoms with Crippen LogP contribution < -0.4 is 10.6 Å². The molecule has 14 N–H and O–H groups in total. The number of carboxylic acid groups (broad SMARTS) is 1. The van der Waals surface area contributed by atoms with Crippen molar-refractivity contribution in [3.8, 4) is 0 Å². The van der Waals surface area contributed by atoms with Gasteiger partial charge in [0.25, 0.3) is 5.79 Å². The fourth-order valence-corrected chi connectivity index (χ4v) is 10.0. The van der Waals surface area contributed by atoms with Gasteiger partial charge in [-0.15, -0.1) is 0 Å². The van der Waals surface area contributed by atoms with Gasteiger partial charge in [-0.25, -0.2) is 4.79 Å². The first-order valence-electron chi connectivity index (χ1n) is 27.9. The van der Waals surface area contributed by atoms with Crippen molar-refractivity contribution in [2.75, 3.05) is 26.4 Å². The maximum absolute atomic E-state index is 13.3. The number of carbonyl (C=O) groups excluding carboxylic acids is 2. The van der Waals surface area contributed by atoms with Gasteiger partial charge in [-0.3, -0.25) is 9.59 Å². The third-order valence-corrected chi connectivity index (χ3v) is 14.6. The van der Waals surface area contributed by atoms with Crippen molar-refractivity contribution in [1.82, 2.24) is 10.6 Å². The average molecular weight is 1090 g/mol. The second-order valence-electron chi connectivity index (χ2n) is 20.8. The van der Waals surface area contributed by atoms with E-state index in [0.29, 0.717) is 19.3 Å². The number of aliphatic hydroxyl groups excluding tert-OH is 11. The zero-order chi connectivity index (χ0) is 55.5. The van der Waals surface area contributed by atoms with Crippen LogP contribution >= 0.6 is 0 Å². The Hall–Kier alpha value is -2.27. The topological polar surface area (TPSA) is 373 Å². The maximum atomic E-state index is 13.3. The minimum Gasteiger partial charge on any atom is -0.477 e.